The first-order valence-electron chi connectivity index (χ1n) is 12.4. The predicted octanol–water partition coefficient (Wildman–Crippen LogP) is 5.09. The Balaban J connectivity index is 1.63. The third-order valence-corrected chi connectivity index (χ3v) is 7.21. The van der Waals surface area contributed by atoms with Crippen LogP contribution in [0, 0.1) is 13.8 Å². The molecule has 0 unspecified atom stereocenters. The van der Waals surface area contributed by atoms with Crippen molar-refractivity contribution < 1.29 is 9.53 Å². The van der Waals surface area contributed by atoms with Gasteiger partial charge in [-0.3, -0.25) is 14.8 Å². The van der Waals surface area contributed by atoms with Gasteiger partial charge in [0.15, 0.2) is 5.11 Å². The van der Waals surface area contributed by atoms with Crippen LogP contribution in [0.5, 0.6) is 5.75 Å². The molecule has 9 heteroatoms. The van der Waals surface area contributed by atoms with Gasteiger partial charge < -0.3 is 24.8 Å². The van der Waals surface area contributed by atoms with Crippen LogP contribution in [0.2, 0.25) is 0 Å². The van der Waals surface area contributed by atoms with Crippen LogP contribution >= 0.6 is 12.2 Å². The zero-order chi connectivity index (χ0) is 26.8. The van der Waals surface area contributed by atoms with Gasteiger partial charge in [-0.25, -0.2) is 0 Å². The SMILES string of the molecule is COc1ccc(N2C(=S)N[C@H](c3ccccn3)[C@@H]2c2cc(C)n(Cc3ccncc3)c2C)cc1NC(C)=O. The normalized spacial score (nSPS) is 16.8. The number of aromatic nitrogens is 3. The maximum Gasteiger partial charge on any atom is 0.221 e. The van der Waals surface area contributed by atoms with Gasteiger partial charge >= 0.3 is 0 Å². The Kier molecular flexibility index (Phi) is 7.11. The fourth-order valence-electron chi connectivity index (χ4n) is 5.12. The topological polar surface area (TPSA) is 84.3 Å². The number of pyridine rings is 2. The second kappa shape index (κ2) is 10.6. The highest BCUT2D eigenvalue weighted by atomic mass is 32.1. The van der Waals surface area contributed by atoms with Crippen LogP contribution in [0.3, 0.4) is 0 Å². The van der Waals surface area contributed by atoms with E-state index in [1.807, 2.05) is 60.9 Å². The monoisotopic (exact) mass is 526 g/mol. The first-order valence-corrected chi connectivity index (χ1v) is 12.8. The van der Waals surface area contributed by atoms with E-state index in [0.717, 1.165) is 34.9 Å². The molecule has 0 radical (unpaired) electrons. The van der Waals surface area contributed by atoms with Gasteiger partial charge in [0.2, 0.25) is 5.91 Å². The number of nitrogens with zero attached hydrogens (tertiary/aromatic N) is 4. The maximum absolute atomic E-state index is 11.9. The van der Waals surface area contributed by atoms with Crippen LogP contribution in [0.1, 0.15) is 47.2 Å². The number of carbonyl (C=O) groups excluding carboxylic acids is 1. The van der Waals surface area contributed by atoms with E-state index in [1.54, 1.807) is 13.3 Å². The Morgan fingerprint density at radius 2 is 1.89 bits per heavy atom. The molecule has 1 amide bonds. The molecule has 4 aromatic rings. The number of rotatable bonds is 7. The third-order valence-electron chi connectivity index (χ3n) is 6.89. The molecule has 0 saturated carbocycles. The number of hydrogen-bond donors (Lipinski definition) is 2. The lowest BCUT2D eigenvalue weighted by Crippen LogP contribution is -2.29. The quantitative estimate of drug-likeness (QED) is 0.325. The van der Waals surface area contributed by atoms with Crippen molar-refractivity contribution in [1.29, 1.82) is 0 Å². The van der Waals surface area contributed by atoms with Gasteiger partial charge in [0.25, 0.3) is 0 Å². The zero-order valence-electron chi connectivity index (χ0n) is 21.8. The summed E-state index contributed by atoms with van der Waals surface area (Å²) >= 11 is 5.91. The fraction of sp³-hybridized carbons (Fsp3) is 0.241. The Morgan fingerprint density at radius 1 is 1.11 bits per heavy atom. The van der Waals surface area contributed by atoms with Gasteiger partial charge in [-0.2, -0.15) is 0 Å². The minimum atomic E-state index is -0.176. The van der Waals surface area contributed by atoms with Gasteiger partial charge in [-0.05, 0) is 85.7 Å². The number of anilines is 2. The fourth-order valence-corrected chi connectivity index (χ4v) is 5.47. The van der Waals surface area contributed by atoms with Crippen molar-refractivity contribution in [3.63, 3.8) is 0 Å². The number of amides is 1. The number of methoxy groups -OCH3 is 1. The minimum absolute atomic E-state index is 0.173. The molecule has 1 aliphatic rings. The summed E-state index contributed by atoms with van der Waals surface area (Å²) in [4.78, 5) is 22.8. The van der Waals surface area contributed by atoms with Crippen LogP contribution in [0.4, 0.5) is 11.4 Å². The first kappa shape index (κ1) is 25.4. The summed E-state index contributed by atoms with van der Waals surface area (Å²) in [6, 6.07) is 17.6. The average Bonchev–Trinajstić information content (AvgIpc) is 3.40. The number of carbonyl (C=O) groups is 1. The molecule has 5 rings (SSSR count). The van der Waals surface area contributed by atoms with Crippen LogP contribution in [0.15, 0.2) is 73.2 Å². The van der Waals surface area contributed by atoms with E-state index in [1.165, 1.54) is 12.5 Å². The second-order valence-corrected chi connectivity index (χ2v) is 9.72. The van der Waals surface area contributed by atoms with Crippen molar-refractivity contribution in [2.75, 3.05) is 17.3 Å². The van der Waals surface area contributed by atoms with Crippen molar-refractivity contribution in [2.24, 2.45) is 0 Å². The van der Waals surface area contributed by atoms with E-state index in [-0.39, 0.29) is 18.0 Å². The summed E-state index contributed by atoms with van der Waals surface area (Å²) < 4.78 is 7.80. The van der Waals surface area contributed by atoms with Crippen LogP contribution in [-0.2, 0) is 11.3 Å². The molecule has 0 aliphatic carbocycles. The smallest absolute Gasteiger partial charge is 0.221 e. The number of ether oxygens (including phenoxy) is 1. The van der Waals surface area contributed by atoms with E-state index in [0.29, 0.717) is 16.5 Å². The number of thiocarbonyl (C=S) groups is 1. The maximum atomic E-state index is 11.9. The number of nitrogens with one attached hydrogen (secondary N) is 2. The standard InChI is InChI=1S/C29H30N6O2S/c1-18-15-23(19(2)34(18)17-21-10-13-30-14-11-21)28-27(24-7-5-6-12-31-24)33-29(38)35(28)22-8-9-26(37-4)25(16-22)32-20(3)36/h5-16,27-28H,17H2,1-4H3,(H,32,36)(H,33,38)/t27-,28+/m1/s1. The highest BCUT2D eigenvalue weighted by Gasteiger charge is 2.42. The van der Waals surface area contributed by atoms with Gasteiger partial charge in [0.1, 0.15) is 5.75 Å². The van der Waals surface area contributed by atoms with Crippen molar-refractivity contribution in [3.8, 4) is 5.75 Å². The van der Waals surface area contributed by atoms with Gasteiger partial charge in [-0.15, -0.1) is 0 Å². The number of benzene rings is 1. The zero-order valence-corrected chi connectivity index (χ0v) is 22.6. The molecule has 1 fully saturated rings. The highest BCUT2D eigenvalue weighted by Crippen LogP contribution is 2.44. The molecule has 1 aliphatic heterocycles. The van der Waals surface area contributed by atoms with E-state index < -0.39 is 0 Å². The van der Waals surface area contributed by atoms with E-state index >= 15 is 0 Å². The third kappa shape index (κ3) is 4.84. The van der Waals surface area contributed by atoms with Crippen molar-refractivity contribution >= 4 is 34.6 Å². The van der Waals surface area contributed by atoms with Crippen LogP contribution in [-0.4, -0.2) is 32.7 Å². The average molecular weight is 527 g/mol. The van der Waals surface area contributed by atoms with Gasteiger partial charge in [0, 0.05) is 49.1 Å². The lowest BCUT2D eigenvalue weighted by atomic mass is 9.96. The summed E-state index contributed by atoms with van der Waals surface area (Å²) in [5, 5.41) is 6.98. The van der Waals surface area contributed by atoms with E-state index in [4.69, 9.17) is 17.0 Å². The van der Waals surface area contributed by atoms with Crippen molar-refractivity contribution in [3.05, 3.63) is 101 Å². The summed E-state index contributed by atoms with van der Waals surface area (Å²) in [5.41, 5.74) is 6.96. The lowest BCUT2D eigenvalue weighted by Gasteiger charge is -2.29. The molecular formula is C29H30N6O2S. The molecule has 1 saturated heterocycles. The van der Waals surface area contributed by atoms with Crippen LogP contribution in [0.25, 0.3) is 0 Å². The number of aryl methyl sites for hydroxylation is 1. The molecule has 0 bridgehead atoms. The lowest BCUT2D eigenvalue weighted by molar-refractivity contribution is -0.114. The second-order valence-electron chi connectivity index (χ2n) is 9.33. The summed E-state index contributed by atoms with van der Waals surface area (Å²) in [6.45, 7) is 6.50. The molecule has 4 heterocycles. The largest absolute Gasteiger partial charge is 0.495 e. The Morgan fingerprint density at radius 3 is 2.58 bits per heavy atom. The summed E-state index contributed by atoms with van der Waals surface area (Å²) in [5.74, 6) is 0.403. The summed E-state index contributed by atoms with van der Waals surface area (Å²) in [7, 11) is 1.58. The van der Waals surface area contributed by atoms with Crippen molar-refractivity contribution in [1.82, 2.24) is 19.9 Å². The van der Waals surface area contributed by atoms with E-state index in [9.17, 15) is 4.79 Å². The Hall–Kier alpha value is -4.24. The Labute approximate surface area is 227 Å². The molecule has 8 nitrogen and oxygen atoms in total. The van der Waals surface area contributed by atoms with Gasteiger partial charge in [0.05, 0.1) is 30.6 Å². The molecule has 38 heavy (non-hydrogen) atoms. The van der Waals surface area contributed by atoms with Crippen molar-refractivity contribution in [2.45, 2.75) is 39.4 Å². The van der Waals surface area contributed by atoms with Gasteiger partial charge in [-0.1, -0.05) is 6.07 Å². The Bertz CT molecular complexity index is 1470. The van der Waals surface area contributed by atoms with E-state index in [2.05, 4.69) is 50.0 Å². The highest BCUT2D eigenvalue weighted by molar-refractivity contribution is 7.80. The first-order chi connectivity index (χ1) is 18.4. The minimum Gasteiger partial charge on any atom is -0.495 e. The summed E-state index contributed by atoms with van der Waals surface area (Å²) in [6.07, 6.45) is 5.44. The molecule has 2 atom stereocenters. The number of hydrogen-bond acceptors (Lipinski definition) is 5. The molecule has 3 aromatic heterocycles. The molecule has 194 valence electrons. The molecular weight excluding hydrogens is 496 g/mol. The molecule has 2 N–H and O–H groups in total. The predicted molar refractivity (Wildman–Crippen MR) is 152 cm³/mol. The van der Waals surface area contributed by atoms with Crippen LogP contribution < -0.4 is 20.3 Å². The molecule has 0 spiro atoms. The molecule has 1 aromatic carbocycles.